The van der Waals surface area contributed by atoms with Gasteiger partial charge in [0.25, 0.3) is 0 Å². The van der Waals surface area contributed by atoms with Gasteiger partial charge in [0.15, 0.2) is 0 Å². The number of alkyl carbamates (subject to hydrolysis) is 1. The van der Waals surface area contributed by atoms with Crippen molar-refractivity contribution in [2.45, 2.75) is 32.1 Å². The zero-order valence-electron chi connectivity index (χ0n) is 18.5. The molecule has 0 aromatic heterocycles. The van der Waals surface area contributed by atoms with Crippen LogP contribution in [0.3, 0.4) is 0 Å². The number of hydrogen-bond donors (Lipinski definition) is 2. The van der Waals surface area contributed by atoms with Crippen LogP contribution in [-0.4, -0.2) is 54.7 Å². The minimum atomic E-state index is -0.834. The van der Waals surface area contributed by atoms with Crippen LogP contribution in [0, 0.1) is 5.92 Å². The summed E-state index contributed by atoms with van der Waals surface area (Å²) in [5.74, 6) is -1.34. The van der Waals surface area contributed by atoms with Crippen molar-refractivity contribution in [1.82, 2.24) is 10.2 Å². The summed E-state index contributed by atoms with van der Waals surface area (Å²) in [7, 11) is 1.69. The molecule has 3 rings (SSSR count). The number of amides is 2. The molecule has 0 heterocycles. The van der Waals surface area contributed by atoms with Crippen LogP contribution in [-0.2, 0) is 14.3 Å². The van der Waals surface area contributed by atoms with Gasteiger partial charge in [0.1, 0.15) is 6.61 Å². The molecule has 2 aromatic carbocycles. The lowest BCUT2D eigenvalue weighted by Crippen LogP contribution is -2.39. The lowest BCUT2D eigenvalue weighted by Gasteiger charge is -2.21. The number of carboxylic acid groups (broad SMARTS) is 1. The lowest BCUT2D eigenvalue weighted by molar-refractivity contribution is -0.137. The SMILES string of the molecule is CC(CNC(=O)OCC1c2ccccc2-c2ccccc21)C(=O)N(C)CCCCC(=O)O. The zero-order chi connectivity index (χ0) is 23.1. The maximum atomic E-state index is 12.4. The fraction of sp³-hybridized carbons (Fsp3) is 0.400. The molecule has 170 valence electrons. The quantitative estimate of drug-likeness (QED) is 0.549. The van der Waals surface area contributed by atoms with Gasteiger partial charge in [-0.2, -0.15) is 0 Å². The second-order valence-electron chi connectivity index (χ2n) is 8.22. The predicted octanol–water partition coefficient (Wildman–Crippen LogP) is 3.87. The fourth-order valence-corrected chi connectivity index (χ4v) is 4.08. The minimum absolute atomic E-state index is 0.0101. The van der Waals surface area contributed by atoms with E-state index in [1.807, 2.05) is 24.3 Å². The Balaban J connectivity index is 1.45. The van der Waals surface area contributed by atoms with E-state index < -0.39 is 18.0 Å². The van der Waals surface area contributed by atoms with Crippen molar-refractivity contribution < 1.29 is 24.2 Å². The normalized spacial score (nSPS) is 13.1. The Bertz CT molecular complexity index is 929. The maximum Gasteiger partial charge on any atom is 0.407 e. The van der Waals surface area contributed by atoms with Crippen molar-refractivity contribution in [1.29, 1.82) is 0 Å². The molecule has 7 heteroatoms. The molecule has 2 N–H and O–H groups in total. The van der Waals surface area contributed by atoms with Crippen LogP contribution in [0.1, 0.15) is 43.2 Å². The molecular weight excluding hydrogens is 408 g/mol. The Labute approximate surface area is 188 Å². The highest BCUT2D eigenvalue weighted by molar-refractivity contribution is 5.80. The minimum Gasteiger partial charge on any atom is -0.481 e. The summed E-state index contributed by atoms with van der Waals surface area (Å²) in [6, 6.07) is 16.3. The number of unbranched alkanes of at least 4 members (excludes halogenated alkanes) is 1. The van der Waals surface area contributed by atoms with Gasteiger partial charge < -0.3 is 20.1 Å². The summed E-state index contributed by atoms with van der Waals surface area (Å²) in [4.78, 5) is 36.9. The first-order valence-electron chi connectivity index (χ1n) is 10.9. The van der Waals surface area contributed by atoms with E-state index in [1.54, 1.807) is 18.9 Å². The molecule has 2 amide bonds. The molecule has 1 atom stereocenters. The van der Waals surface area contributed by atoms with Gasteiger partial charge in [0.2, 0.25) is 5.91 Å². The van der Waals surface area contributed by atoms with Gasteiger partial charge in [-0.3, -0.25) is 9.59 Å². The average molecular weight is 439 g/mol. The predicted molar refractivity (Wildman–Crippen MR) is 121 cm³/mol. The summed E-state index contributed by atoms with van der Waals surface area (Å²) < 4.78 is 5.50. The third-order valence-corrected chi connectivity index (χ3v) is 5.83. The van der Waals surface area contributed by atoms with Crippen LogP contribution in [0.25, 0.3) is 11.1 Å². The molecule has 32 heavy (non-hydrogen) atoms. The third-order valence-electron chi connectivity index (χ3n) is 5.83. The van der Waals surface area contributed by atoms with Crippen molar-refractivity contribution >= 4 is 18.0 Å². The monoisotopic (exact) mass is 438 g/mol. The first kappa shape index (κ1) is 23.3. The Morgan fingerprint density at radius 2 is 1.62 bits per heavy atom. The largest absolute Gasteiger partial charge is 0.481 e. The molecular formula is C25H30N2O5. The van der Waals surface area contributed by atoms with Crippen LogP contribution in [0.15, 0.2) is 48.5 Å². The van der Waals surface area contributed by atoms with E-state index in [4.69, 9.17) is 9.84 Å². The molecule has 0 fully saturated rings. The summed E-state index contributed by atoms with van der Waals surface area (Å²) in [6.07, 6.45) is 0.706. The average Bonchev–Trinajstić information content (AvgIpc) is 3.12. The molecule has 2 aromatic rings. The van der Waals surface area contributed by atoms with Crippen LogP contribution >= 0.6 is 0 Å². The highest BCUT2D eigenvalue weighted by Crippen LogP contribution is 2.44. The number of hydrogen-bond acceptors (Lipinski definition) is 4. The standard InChI is InChI=1S/C25H30N2O5/c1-17(24(30)27(2)14-8-7-13-23(28)29)15-26-25(31)32-16-22-20-11-5-3-9-18(20)19-10-4-6-12-21(19)22/h3-6,9-12,17,22H,7-8,13-16H2,1-2H3,(H,26,31)(H,28,29). The van der Waals surface area contributed by atoms with Crippen molar-refractivity contribution in [2.24, 2.45) is 5.92 Å². The van der Waals surface area contributed by atoms with Gasteiger partial charge in [0, 0.05) is 32.5 Å². The number of benzene rings is 2. The van der Waals surface area contributed by atoms with E-state index in [1.165, 1.54) is 11.1 Å². The van der Waals surface area contributed by atoms with Crippen molar-refractivity contribution in [3.63, 3.8) is 0 Å². The highest BCUT2D eigenvalue weighted by atomic mass is 16.5. The van der Waals surface area contributed by atoms with E-state index in [0.29, 0.717) is 19.4 Å². The molecule has 0 bridgehead atoms. The number of ether oxygens (including phenoxy) is 1. The Hall–Kier alpha value is -3.35. The van der Waals surface area contributed by atoms with E-state index in [2.05, 4.69) is 29.6 Å². The molecule has 0 aliphatic heterocycles. The number of carbonyl (C=O) groups excluding carboxylic acids is 2. The summed E-state index contributed by atoms with van der Waals surface area (Å²) in [5, 5.41) is 11.4. The van der Waals surface area contributed by atoms with Gasteiger partial charge in [-0.1, -0.05) is 55.5 Å². The van der Waals surface area contributed by atoms with Gasteiger partial charge in [-0.15, -0.1) is 0 Å². The lowest BCUT2D eigenvalue weighted by atomic mass is 9.98. The Morgan fingerprint density at radius 3 is 2.22 bits per heavy atom. The zero-order valence-corrected chi connectivity index (χ0v) is 18.5. The molecule has 0 saturated heterocycles. The number of carbonyl (C=O) groups is 3. The maximum absolute atomic E-state index is 12.4. The number of nitrogens with one attached hydrogen (secondary N) is 1. The first-order chi connectivity index (χ1) is 15.4. The fourth-order valence-electron chi connectivity index (χ4n) is 4.08. The van der Waals surface area contributed by atoms with Gasteiger partial charge in [-0.25, -0.2) is 4.79 Å². The molecule has 1 aliphatic carbocycles. The molecule has 0 radical (unpaired) electrons. The van der Waals surface area contributed by atoms with E-state index in [0.717, 1.165) is 11.1 Å². The van der Waals surface area contributed by atoms with E-state index >= 15 is 0 Å². The Morgan fingerprint density at radius 1 is 1.03 bits per heavy atom. The highest BCUT2D eigenvalue weighted by Gasteiger charge is 2.29. The van der Waals surface area contributed by atoms with Crippen LogP contribution in [0.5, 0.6) is 0 Å². The summed E-state index contributed by atoms with van der Waals surface area (Å²) in [6.45, 7) is 2.64. The molecule has 0 saturated carbocycles. The number of carboxylic acids is 1. The second-order valence-corrected chi connectivity index (χ2v) is 8.22. The number of rotatable bonds is 10. The number of fused-ring (bicyclic) bond motifs is 3. The third kappa shape index (κ3) is 5.66. The molecule has 1 aliphatic rings. The van der Waals surface area contributed by atoms with Crippen molar-refractivity contribution in [2.75, 3.05) is 26.7 Å². The molecule has 1 unspecified atom stereocenters. The van der Waals surface area contributed by atoms with Crippen molar-refractivity contribution in [3.05, 3.63) is 59.7 Å². The number of nitrogens with zero attached hydrogens (tertiary/aromatic N) is 1. The van der Waals surface area contributed by atoms with Crippen LogP contribution in [0.4, 0.5) is 4.79 Å². The van der Waals surface area contributed by atoms with Gasteiger partial charge in [-0.05, 0) is 35.1 Å². The molecule has 0 spiro atoms. The smallest absolute Gasteiger partial charge is 0.407 e. The summed E-state index contributed by atoms with van der Waals surface area (Å²) >= 11 is 0. The van der Waals surface area contributed by atoms with Gasteiger partial charge >= 0.3 is 12.1 Å². The van der Waals surface area contributed by atoms with E-state index in [-0.39, 0.29) is 31.4 Å². The van der Waals surface area contributed by atoms with Gasteiger partial charge in [0.05, 0.1) is 5.92 Å². The topological polar surface area (TPSA) is 95.9 Å². The van der Waals surface area contributed by atoms with Crippen LogP contribution < -0.4 is 5.32 Å². The summed E-state index contributed by atoms with van der Waals surface area (Å²) in [5.41, 5.74) is 4.63. The van der Waals surface area contributed by atoms with E-state index in [9.17, 15) is 14.4 Å². The van der Waals surface area contributed by atoms with Crippen LogP contribution in [0.2, 0.25) is 0 Å². The second kappa shape index (κ2) is 10.8. The Kier molecular flexibility index (Phi) is 7.87. The molecule has 7 nitrogen and oxygen atoms in total. The number of aliphatic carboxylic acids is 1. The first-order valence-corrected chi connectivity index (χ1v) is 10.9. The van der Waals surface area contributed by atoms with Crippen molar-refractivity contribution in [3.8, 4) is 11.1 Å².